The van der Waals surface area contributed by atoms with Crippen LogP contribution in [0.1, 0.15) is 18.4 Å². The second-order valence-corrected chi connectivity index (χ2v) is 4.12. The van der Waals surface area contributed by atoms with Gasteiger partial charge in [0.25, 0.3) is 0 Å². The summed E-state index contributed by atoms with van der Waals surface area (Å²) in [5, 5.41) is 5.43. The Morgan fingerprint density at radius 3 is 2.42 bits per heavy atom. The number of nitrogens with two attached hydrogens (primary N) is 1. The molecule has 0 heterocycles. The van der Waals surface area contributed by atoms with Crippen molar-refractivity contribution >= 4 is 11.9 Å². The van der Waals surface area contributed by atoms with E-state index < -0.39 is 0 Å². The summed E-state index contributed by atoms with van der Waals surface area (Å²) in [6.45, 7) is 0. The highest BCUT2D eigenvalue weighted by atomic mass is 32.2. The molecule has 0 unspecified atom stereocenters. The van der Waals surface area contributed by atoms with Crippen LogP contribution in [-0.2, 0) is 6.42 Å². The average molecular weight is 179 g/mol. The predicted octanol–water partition coefficient (Wildman–Crippen LogP) is 2.60. The van der Waals surface area contributed by atoms with Crippen molar-refractivity contribution in [3.63, 3.8) is 0 Å². The summed E-state index contributed by atoms with van der Waals surface area (Å²) in [4.78, 5) is 1.15. The maximum atomic E-state index is 5.43. The van der Waals surface area contributed by atoms with Gasteiger partial charge in [0.1, 0.15) is 0 Å². The lowest BCUT2D eigenvalue weighted by Crippen LogP contribution is -1.86. The molecule has 2 N–H and O–H groups in total. The summed E-state index contributed by atoms with van der Waals surface area (Å²) in [6.07, 6.45) is 4.11. The molecule has 0 aromatic heterocycles. The predicted molar refractivity (Wildman–Crippen MR) is 52.9 cm³/mol. The Balaban J connectivity index is 2.02. The summed E-state index contributed by atoms with van der Waals surface area (Å²) >= 11 is 1.31. The molecule has 0 saturated heterocycles. The Kier molecular flexibility index (Phi) is 2.38. The zero-order valence-corrected chi connectivity index (χ0v) is 7.81. The minimum Gasteiger partial charge on any atom is -0.274 e. The van der Waals surface area contributed by atoms with Crippen LogP contribution in [0.15, 0.2) is 29.2 Å². The minimum absolute atomic E-state index is 0.973. The quantitative estimate of drug-likeness (QED) is 0.722. The van der Waals surface area contributed by atoms with Crippen LogP contribution in [-0.4, -0.2) is 0 Å². The highest BCUT2D eigenvalue weighted by Gasteiger charge is 2.20. The van der Waals surface area contributed by atoms with Crippen LogP contribution in [0, 0.1) is 5.92 Å². The van der Waals surface area contributed by atoms with Gasteiger partial charge in [-0.05, 0) is 54.8 Å². The Morgan fingerprint density at radius 2 is 1.92 bits per heavy atom. The van der Waals surface area contributed by atoms with Gasteiger partial charge in [0, 0.05) is 4.90 Å². The van der Waals surface area contributed by atoms with Gasteiger partial charge in [0.05, 0.1) is 0 Å². The van der Waals surface area contributed by atoms with Crippen molar-refractivity contribution in [2.24, 2.45) is 11.1 Å². The lowest BCUT2D eigenvalue weighted by Gasteiger charge is -1.99. The molecule has 1 aliphatic carbocycles. The summed E-state index contributed by atoms with van der Waals surface area (Å²) in [6, 6.07) is 8.58. The molecule has 1 fully saturated rings. The Labute approximate surface area is 77.5 Å². The third-order valence-corrected chi connectivity index (χ3v) is 2.83. The standard InChI is InChI=1S/C10H13NS/c11-12-10-5-3-9(4-6-10)7-8-1-2-8/h3-6,8H,1-2,7,11H2. The first kappa shape index (κ1) is 8.14. The van der Waals surface area contributed by atoms with Crippen LogP contribution in [0.3, 0.4) is 0 Å². The van der Waals surface area contributed by atoms with E-state index in [2.05, 4.69) is 24.3 Å². The van der Waals surface area contributed by atoms with Gasteiger partial charge < -0.3 is 0 Å². The van der Waals surface area contributed by atoms with E-state index in [9.17, 15) is 0 Å². The SMILES string of the molecule is NSc1ccc(CC2CC2)cc1. The van der Waals surface area contributed by atoms with Crippen molar-refractivity contribution in [2.45, 2.75) is 24.2 Å². The van der Waals surface area contributed by atoms with Crippen LogP contribution >= 0.6 is 11.9 Å². The van der Waals surface area contributed by atoms with E-state index in [0.29, 0.717) is 0 Å². The number of hydrogen-bond donors (Lipinski definition) is 1. The second kappa shape index (κ2) is 3.50. The van der Waals surface area contributed by atoms with Crippen molar-refractivity contribution in [1.82, 2.24) is 0 Å². The first-order chi connectivity index (χ1) is 5.88. The highest BCUT2D eigenvalue weighted by molar-refractivity contribution is 7.97. The van der Waals surface area contributed by atoms with Crippen LogP contribution in [0.2, 0.25) is 0 Å². The maximum Gasteiger partial charge on any atom is 0.0226 e. The molecule has 2 rings (SSSR count). The van der Waals surface area contributed by atoms with Gasteiger partial charge in [0.15, 0.2) is 0 Å². The van der Waals surface area contributed by atoms with Crippen molar-refractivity contribution in [3.05, 3.63) is 29.8 Å². The zero-order valence-electron chi connectivity index (χ0n) is 6.99. The highest BCUT2D eigenvalue weighted by Crippen LogP contribution is 2.32. The molecular weight excluding hydrogens is 166 g/mol. The van der Waals surface area contributed by atoms with E-state index in [0.717, 1.165) is 10.8 Å². The summed E-state index contributed by atoms with van der Waals surface area (Å²) in [7, 11) is 0. The number of benzene rings is 1. The third-order valence-electron chi connectivity index (χ3n) is 2.28. The smallest absolute Gasteiger partial charge is 0.0226 e. The first-order valence-electron chi connectivity index (χ1n) is 4.34. The molecule has 0 radical (unpaired) electrons. The molecule has 12 heavy (non-hydrogen) atoms. The van der Waals surface area contributed by atoms with E-state index in [1.54, 1.807) is 0 Å². The summed E-state index contributed by atoms with van der Waals surface area (Å²) in [5.41, 5.74) is 1.45. The molecule has 0 amide bonds. The Bertz CT molecular complexity index is 251. The van der Waals surface area contributed by atoms with Crippen LogP contribution < -0.4 is 5.14 Å². The van der Waals surface area contributed by atoms with E-state index in [1.165, 1.54) is 36.8 Å². The van der Waals surface area contributed by atoms with Gasteiger partial charge in [-0.1, -0.05) is 12.1 Å². The molecule has 0 aliphatic heterocycles. The Hall–Kier alpha value is -0.470. The van der Waals surface area contributed by atoms with E-state index >= 15 is 0 Å². The lowest BCUT2D eigenvalue weighted by molar-refractivity contribution is 0.831. The average Bonchev–Trinajstić information content (AvgIpc) is 2.90. The van der Waals surface area contributed by atoms with Gasteiger partial charge in [-0.15, -0.1) is 0 Å². The molecule has 1 saturated carbocycles. The van der Waals surface area contributed by atoms with Crippen molar-refractivity contribution in [3.8, 4) is 0 Å². The molecule has 1 aromatic carbocycles. The van der Waals surface area contributed by atoms with E-state index in [4.69, 9.17) is 5.14 Å². The fourth-order valence-corrected chi connectivity index (χ4v) is 1.65. The molecule has 0 bridgehead atoms. The van der Waals surface area contributed by atoms with E-state index in [-0.39, 0.29) is 0 Å². The van der Waals surface area contributed by atoms with Gasteiger partial charge in [0.2, 0.25) is 0 Å². The third kappa shape index (κ3) is 2.02. The monoisotopic (exact) mass is 179 g/mol. The molecule has 1 aliphatic rings. The van der Waals surface area contributed by atoms with Gasteiger partial charge in [-0.3, -0.25) is 5.14 Å². The largest absolute Gasteiger partial charge is 0.274 e. The van der Waals surface area contributed by atoms with Gasteiger partial charge in [-0.2, -0.15) is 0 Å². The van der Waals surface area contributed by atoms with E-state index in [1.807, 2.05) is 0 Å². The lowest BCUT2D eigenvalue weighted by atomic mass is 10.1. The second-order valence-electron chi connectivity index (χ2n) is 3.41. The van der Waals surface area contributed by atoms with Gasteiger partial charge in [-0.25, -0.2) is 0 Å². The number of hydrogen-bond acceptors (Lipinski definition) is 2. The zero-order chi connectivity index (χ0) is 8.39. The molecule has 2 heteroatoms. The molecule has 1 nitrogen and oxygen atoms in total. The molecule has 1 aromatic rings. The normalized spacial score (nSPS) is 16.4. The summed E-state index contributed by atoms with van der Waals surface area (Å²) in [5.74, 6) is 0.973. The van der Waals surface area contributed by atoms with Gasteiger partial charge >= 0.3 is 0 Å². The molecule has 64 valence electrons. The topological polar surface area (TPSA) is 26.0 Å². The van der Waals surface area contributed by atoms with Crippen LogP contribution in [0.4, 0.5) is 0 Å². The summed E-state index contributed by atoms with van der Waals surface area (Å²) < 4.78 is 0. The maximum absolute atomic E-state index is 5.43. The minimum atomic E-state index is 0.973. The fourth-order valence-electron chi connectivity index (χ4n) is 1.36. The molecule has 0 spiro atoms. The fraction of sp³-hybridized carbons (Fsp3) is 0.400. The van der Waals surface area contributed by atoms with Crippen molar-refractivity contribution in [2.75, 3.05) is 0 Å². The number of rotatable bonds is 3. The molecular formula is C10H13NS. The molecule has 0 atom stereocenters. The first-order valence-corrected chi connectivity index (χ1v) is 5.22. The van der Waals surface area contributed by atoms with Crippen LogP contribution in [0.5, 0.6) is 0 Å². The Morgan fingerprint density at radius 1 is 1.25 bits per heavy atom. The van der Waals surface area contributed by atoms with Crippen molar-refractivity contribution in [1.29, 1.82) is 0 Å². The van der Waals surface area contributed by atoms with Crippen molar-refractivity contribution < 1.29 is 0 Å². The van der Waals surface area contributed by atoms with Crippen LogP contribution in [0.25, 0.3) is 0 Å².